The number of sulfone groups is 1. The fourth-order valence-corrected chi connectivity index (χ4v) is 1.72. The van der Waals surface area contributed by atoms with Crippen molar-refractivity contribution in [1.29, 1.82) is 0 Å². The summed E-state index contributed by atoms with van der Waals surface area (Å²) >= 11 is 5.89. The summed E-state index contributed by atoms with van der Waals surface area (Å²) in [7, 11) is -3.54. The van der Waals surface area contributed by atoms with Gasteiger partial charge in [-0.2, -0.15) is 0 Å². The molecule has 100 valence electrons. The molecule has 3 N–H and O–H groups in total. The number of nitrogens with two attached hydrogens (primary N) is 1. The van der Waals surface area contributed by atoms with Gasteiger partial charge in [-0.15, -0.1) is 0 Å². The summed E-state index contributed by atoms with van der Waals surface area (Å²) in [5, 5.41) is 2.71. The Kier molecular flexibility index (Phi) is 3.92. The molecule has 1 rings (SSSR count). The van der Waals surface area contributed by atoms with Crippen LogP contribution in [0, 0.1) is 0 Å². The number of para-hydroxylation sites is 1. The minimum Gasteiger partial charge on any atom is -0.397 e. The first-order valence-electron chi connectivity index (χ1n) is 5.12. The number of hydrogen-bond donors (Lipinski definition) is 2. The topological polar surface area (TPSA) is 89.3 Å². The summed E-state index contributed by atoms with van der Waals surface area (Å²) in [4.78, 5) is 12.0. The number of nitrogens with one attached hydrogen (secondary N) is 1. The fourth-order valence-electron chi connectivity index (χ4n) is 1.11. The Labute approximate surface area is 111 Å². The number of benzene rings is 1. The van der Waals surface area contributed by atoms with Crippen molar-refractivity contribution in [3.63, 3.8) is 0 Å². The van der Waals surface area contributed by atoms with E-state index < -0.39 is 20.5 Å². The van der Waals surface area contributed by atoms with Crippen molar-refractivity contribution in [1.82, 2.24) is 0 Å². The molecule has 18 heavy (non-hydrogen) atoms. The first-order chi connectivity index (χ1) is 8.07. The highest BCUT2D eigenvalue weighted by molar-refractivity contribution is 7.92. The summed E-state index contributed by atoms with van der Waals surface area (Å²) in [6.07, 6.45) is 1.00. The first kappa shape index (κ1) is 14.8. The van der Waals surface area contributed by atoms with Crippen LogP contribution in [0.15, 0.2) is 18.2 Å². The zero-order valence-electron chi connectivity index (χ0n) is 10.3. The van der Waals surface area contributed by atoms with Gasteiger partial charge in [-0.05, 0) is 26.0 Å². The van der Waals surface area contributed by atoms with Gasteiger partial charge >= 0.3 is 0 Å². The lowest BCUT2D eigenvalue weighted by Gasteiger charge is -2.22. The maximum absolute atomic E-state index is 12.0. The minimum atomic E-state index is -3.54. The minimum absolute atomic E-state index is 0.223. The van der Waals surface area contributed by atoms with Crippen molar-refractivity contribution in [2.24, 2.45) is 0 Å². The van der Waals surface area contributed by atoms with Crippen molar-refractivity contribution in [3.05, 3.63) is 23.2 Å². The van der Waals surface area contributed by atoms with Gasteiger partial charge in [0.15, 0.2) is 9.84 Å². The van der Waals surface area contributed by atoms with Gasteiger partial charge in [0, 0.05) is 6.26 Å². The normalized spacial score (nSPS) is 12.2. The molecule has 1 aromatic carbocycles. The molecule has 1 amide bonds. The smallest absolute Gasteiger partial charge is 0.245 e. The molecule has 0 bridgehead atoms. The standard InChI is InChI=1S/C11H15ClN2O3S/c1-11(2,18(3,16)17)10(15)14-9-7(12)5-4-6-8(9)13/h4-6H,13H2,1-3H3,(H,14,15). The van der Waals surface area contributed by atoms with E-state index in [0.29, 0.717) is 0 Å². The fraction of sp³-hybridized carbons (Fsp3) is 0.364. The predicted molar refractivity (Wildman–Crippen MR) is 73.4 cm³/mol. The zero-order valence-corrected chi connectivity index (χ0v) is 11.9. The maximum Gasteiger partial charge on any atom is 0.245 e. The van der Waals surface area contributed by atoms with Gasteiger partial charge in [-0.3, -0.25) is 4.79 Å². The Hall–Kier alpha value is -1.27. The van der Waals surface area contributed by atoms with E-state index in [4.69, 9.17) is 17.3 Å². The molecule has 0 spiro atoms. The Morgan fingerprint density at radius 2 is 1.94 bits per heavy atom. The number of hydrogen-bond acceptors (Lipinski definition) is 4. The molecular weight excluding hydrogens is 276 g/mol. The summed E-state index contributed by atoms with van der Waals surface area (Å²) in [6.45, 7) is 2.65. The Balaban J connectivity index is 3.10. The van der Waals surface area contributed by atoms with E-state index in [9.17, 15) is 13.2 Å². The molecule has 0 saturated heterocycles. The van der Waals surface area contributed by atoms with Crippen LogP contribution in [0.5, 0.6) is 0 Å². The number of rotatable bonds is 3. The molecule has 0 radical (unpaired) electrons. The molecule has 0 aliphatic rings. The molecule has 0 aromatic heterocycles. The van der Waals surface area contributed by atoms with E-state index in [1.165, 1.54) is 13.8 Å². The third-order valence-electron chi connectivity index (χ3n) is 2.76. The van der Waals surface area contributed by atoms with E-state index in [2.05, 4.69) is 5.32 Å². The maximum atomic E-state index is 12.0. The number of amides is 1. The highest BCUT2D eigenvalue weighted by atomic mass is 35.5. The van der Waals surface area contributed by atoms with Gasteiger partial charge in [0.05, 0.1) is 16.4 Å². The summed E-state index contributed by atoms with van der Waals surface area (Å²) in [6, 6.07) is 4.75. The van der Waals surface area contributed by atoms with Crippen molar-refractivity contribution >= 4 is 38.7 Å². The van der Waals surface area contributed by atoms with Gasteiger partial charge in [0.1, 0.15) is 4.75 Å². The molecule has 5 nitrogen and oxygen atoms in total. The molecule has 0 fully saturated rings. The average Bonchev–Trinajstić information content (AvgIpc) is 2.21. The van der Waals surface area contributed by atoms with E-state index in [-0.39, 0.29) is 16.4 Å². The third kappa shape index (κ3) is 2.76. The van der Waals surface area contributed by atoms with E-state index >= 15 is 0 Å². The van der Waals surface area contributed by atoms with Crippen molar-refractivity contribution in [2.45, 2.75) is 18.6 Å². The third-order valence-corrected chi connectivity index (χ3v) is 5.11. The molecular formula is C11H15ClN2O3S. The largest absolute Gasteiger partial charge is 0.397 e. The van der Waals surface area contributed by atoms with Crippen molar-refractivity contribution in [3.8, 4) is 0 Å². The van der Waals surface area contributed by atoms with Crippen LogP contribution in [0.1, 0.15) is 13.8 Å². The molecule has 0 unspecified atom stereocenters. The van der Waals surface area contributed by atoms with Gasteiger partial charge in [-0.1, -0.05) is 17.7 Å². The second-order valence-corrected chi connectivity index (χ2v) is 7.41. The monoisotopic (exact) mass is 290 g/mol. The average molecular weight is 291 g/mol. The number of halogens is 1. The molecule has 0 atom stereocenters. The highest BCUT2D eigenvalue weighted by Crippen LogP contribution is 2.29. The van der Waals surface area contributed by atoms with Crippen molar-refractivity contribution < 1.29 is 13.2 Å². The number of carbonyl (C=O) groups excluding carboxylic acids is 1. The number of carbonyl (C=O) groups is 1. The Morgan fingerprint density at radius 1 is 1.39 bits per heavy atom. The van der Waals surface area contributed by atoms with Crippen LogP contribution in [0.25, 0.3) is 0 Å². The SMILES string of the molecule is CC(C)(C(=O)Nc1c(N)cccc1Cl)S(C)(=O)=O. The van der Waals surface area contributed by atoms with Crippen LogP contribution in [0.3, 0.4) is 0 Å². The Morgan fingerprint density at radius 3 is 2.39 bits per heavy atom. The van der Waals surface area contributed by atoms with E-state index in [1.54, 1.807) is 18.2 Å². The van der Waals surface area contributed by atoms with Gasteiger partial charge in [0.2, 0.25) is 5.91 Å². The Bertz CT molecular complexity index is 562. The lowest BCUT2D eigenvalue weighted by Crippen LogP contribution is -2.44. The summed E-state index contributed by atoms with van der Waals surface area (Å²) < 4.78 is 21.5. The van der Waals surface area contributed by atoms with Crippen LogP contribution in [-0.4, -0.2) is 25.3 Å². The number of anilines is 2. The molecule has 7 heteroatoms. The van der Waals surface area contributed by atoms with E-state index in [0.717, 1.165) is 6.26 Å². The highest BCUT2D eigenvalue weighted by Gasteiger charge is 2.38. The zero-order chi connectivity index (χ0) is 14.1. The molecule has 0 aliphatic heterocycles. The number of nitrogen functional groups attached to an aromatic ring is 1. The van der Waals surface area contributed by atoms with Crippen LogP contribution in [0.4, 0.5) is 11.4 Å². The van der Waals surface area contributed by atoms with Gasteiger partial charge < -0.3 is 11.1 Å². The molecule has 0 saturated carbocycles. The van der Waals surface area contributed by atoms with E-state index in [1.807, 2.05) is 0 Å². The lowest BCUT2D eigenvalue weighted by atomic mass is 10.2. The molecule has 1 aromatic rings. The first-order valence-corrected chi connectivity index (χ1v) is 7.39. The summed E-state index contributed by atoms with van der Waals surface area (Å²) in [5.74, 6) is -0.676. The lowest BCUT2D eigenvalue weighted by molar-refractivity contribution is -0.117. The quantitative estimate of drug-likeness (QED) is 0.829. The second-order valence-electron chi connectivity index (χ2n) is 4.44. The van der Waals surface area contributed by atoms with Crippen LogP contribution in [-0.2, 0) is 14.6 Å². The van der Waals surface area contributed by atoms with Gasteiger partial charge in [0.25, 0.3) is 0 Å². The van der Waals surface area contributed by atoms with Gasteiger partial charge in [-0.25, -0.2) is 8.42 Å². The van der Waals surface area contributed by atoms with Crippen LogP contribution >= 0.6 is 11.6 Å². The second kappa shape index (κ2) is 4.78. The van der Waals surface area contributed by atoms with Crippen LogP contribution < -0.4 is 11.1 Å². The van der Waals surface area contributed by atoms with Crippen LogP contribution in [0.2, 0.25) is 5.02 Å². The summed E-state index contributed by atoms with van der Waals surface area (Å²) in [5.41, 5.74) is 6.17. The van der Waals surface area contributed by atoms with Crippen molar-refractivity contribution in [2.75, 3.05) is 17.3 Å². The predicted octanol–water partition coefficient (Wildman–Crippen LogP) is 1.68. The molecule has 0 aliphatic carbocycles. The molecule has 0 heterocycles.